The van der Waals surface area contributed by atoms with Crippen molar-refractivity contribution in [2.45, 2.75) is 13.8 Å². The van der Waals surface area contributed by atoms with Gasteiger partial charge in [0, 0.05) is 13.1 Å². The molecule has 0 unspecified atom stereocenters. The second kappa shape index (κ2) is 5.11. The molecule has 0 bridgehead atoms. The molecule has 0 saturated heterocycles. The van der Waals surface area contributed by atoms with Crippen molar-refractivity contribution >= 4 is 17.3 Å². The van der Waals surface area contributed by atoms with Crippen molar-refractivity contribution in [2.75, 3.05) is 19.0 Å². The number of hydrogen-bond donors (Lipinski definition) is 1. The van der Waals surface area contributed by atoms with Gasteiger partial charge in [0.15, 0.2) is 0 Å². The van der Waals surface area contributed by atoms with Gasteiger partial charge in [-0.15, -0.1) is 0 Å². The van der Waals surface area contributed by atoms with Crippen LogP contribution in [-0.2, 0) is 0 Å². The smallest absolute Gasteiger partial charge is 0.120 e. The van der Waals surface area contributed by atoms with E-state index in [1.807, 2.05) is 25.2 Å². The molecular weight excluding hydrogens is 198 g/mol. The summed E-state index contributed by atoms with van der Waals surface area (Å²) in [5.41, 5.74) is 0.920. The van der Waals surface area contributed by atoms with Crippen LogP contribution in [0, 0.1) is 5.92 Å². The van der Waals surface area contributed by atoms with E-state index in [4.69, 9.17) is 16.3 Å². The molecule has 78 valence electrons. The number of ether oxygens (including phenoxy) is 1. The van der Waals surface area contributed by atoms with E-state index < -0.39 is 0 Å². The van der Waals surface area contributed by atoms with Gasteiger partial charge in [0.1, 0.15) is 5.75 Å². The van der Waals surface area contributed by atoms with Crippen molar-refractivity contribution in [1.82, 2.24) is 0 Å². The first kappa shape index (κ1) is 11.2. The minimum absolute atomic E-state index is 0.526. The number of nitrogens with one attached hydrogen (secondary N) is 1. The predicted molar refractivity (Wildman–Crippen MR) is 61.3 cm³/mol. The van der Waals surface area contributed by atoms with Crippen LogP contribution in [0.2, 0.25) is 5.02 Å². The molecule has 0 amide bonds. The Hall–Kier alpha value is -0.890. The lowest BCUT2D eigenvalue weighted by Crippen LogP contribution is -2.04. The SMILES string of the molecule is CNc1ccc(OCC(C)C)cc1Cl. The summed E-state index contributed by atoms with van der Waals surface area (Å²) in [5.74, 6) is 1.35. The number of halogens is 1. The molecule has 0 aliphatic heterocycles. The Morgan fingerprint density at radius 3 is 2.64 bits per heavy atom. The van der Waals surface area contributed by atoms with E-state index in [0.29, 0.717) is 10.9 Å². The van der Waals surface area contributed by atoms with Gasteiger partial charge in [-0.1, -0.05) is 25.4 Å². The summed E-state index contributed by atoms with van der Waals surface area (Å²) >= 11 is 6.00. The molecule has 3 heteroatoms. The minimum Gasteiger partial charge on any atom is -0.493 e. The van der Waals surface area contributed by atoms with Crippen molar-refractivity contribution in [1.29, 1.82) is 0 Å². The maximum Gasteiger partial charge on any atom is 0.120 e. The molecule has 1 aromatic rings. The summed E-state index contributed by atoms with van der Waals surface area (Å²) in [7, 11) is 1.84. The summed E-state index contributed by atoms with van der Waals surface area (Å²) in [6, 6.07) is 5.66. The highest BCUT2D eigenvalue weighted by Crippen LogP contribution is 2.26. The molecule has 1 N–H and O–H groups in total. The first-order valence-electron chi connectivity index (χ1n) is 4.73. The van der Waals surface area contributed by atoms with Crippen molar-refractivity contribution in [3.8, 4) is 5.75 Å². The second-order valence-electron chi connectivity index (χ2n) is 3.60. The van der Waals surface area contributed by atoms with Crippen LogP contribution in [0.1, 0.15) is 13.8 Å². The van der Waals surface area contributed by atoms with Crippen molar-refractivity contribution in [2.24, 2.45) is 5.92 Å². The molecule has 0 aliphatic carbocycles. The fourth-order valence-corrected chi connectivity index (χ4v) is 1.32. The van der Waals surface area contributed by atoms with E-state index in [1.54, 1.807) is 0 Å². The first-order chi connectivity index (χ1) is 6.63. The predicted octanol–water partition coefficient (Wildman–Crippen LogP) is 3.42. The second-order valence-corrected chi connectivity index (χ2v) is 4.00. The van der Waals surface area contributed by atoms with Gasteiger partial charge in [-0.3, -0.25) is 0 Å². The van der Waals surface area contributed by atoms with Crippen LogP contribution in [0.4, 0.5) is 5.69 Å². The van der Waals surface area contributed by atoms with Gasteiger partial charge in [-0.2, -0.15) is 0 Å². The molecule has 0 aliphatic rings. The number of anilines is 1. The monoisotopic (exact) mass is 213 g/mol. The van der Waals surface area contributed by atoms with Gasteiger partial charge in [0.25, 0.3) is 0 Å². The Morgan fingerprint density at radius 2 is 2.14 bits per heavy atom. The van der Waals surface area contributed by atoms with Gasteiger partial charge in [0.2, 0.25) is 0 Å². The number of rotatable bonds is 4. The lowest BCUT2D eigenvalue weighted by molar-refractivity contribution is 0.271. The first-order valence-corrected chi connectivity index (χ1v) is 5.11. The van der Waals surface area contributed by atoms with Crippen LogP contribution in [0.5, 0.6) is 5.75 Å². The average Bonchev–Trinajstić information content (AvgIpc) is 2.15. The zero-order chi connectivity index (χ0) is 10.6. The third-order valence-corrected chi connectivity index (χ3v) is 2.11. The molecule has 0 heterocycles. The molecule has 0 fully saturated rings. The normalized spacial score (nSPS) is 10.4. The zero-order valence-corrected chi connectivity index (χ0v) is 9.56. The topological polar surface area (TPSA) is 21.3 Å². The molecule has 0 spiro atoms. The molecule has 0 aromatic heterocycles. The van der Waals surface area contributed by atoms with E-state index in [2.05, 4.69) is 19.2 Å². The number of hydrogen-bond acceptors (Lipinski definition) is 2. The van der Waals surface area contributed by atoms with Crippen LogP contribution < -0.4 is 10.1 Å². The molecule has 1 aromatic carbocycles. The van der Waals surface area contributed by atoms with Gasteiger partial charge < -0.3 is 10.1 Å². The Bertz CT molecular complexity index is 299. The van der Waals surface area contributed by atoms with Crippen molar-refractivity contribution in [3.05, 3.63) is 23.2 Å². The van der Waals surface area contributed by atoms with Crippen LogP contribution in [0.3, 0.4) is 0 Å². The lowest BCUT2D eigenvalue weighted by atomic mass is 10.2. The van der Waals surface area contributed by atoms with Gasteiger partial charge in [0.05, 0.1) is 17.3 Å². The van der Waals surface area contributed by atoms with Crippen molar-refractivity contribution in [3.63, 3.8) is 0 Å². The average molecular weight is 214 g/mol. The Kier molecular flexibility index (Phi) is 4.08. The summed E-state index contributed by atoms with van der Waals surface area (Å²) in [6.45, 7) is 4.95. The maximum absolute atomic E-state index is 6.00. The highest BCUT2D eigenvalue weighted by molar-refractivity contribution is 6.33. The molecular formula is C11H16ClNO. The van der Waals surface area contributed by atoms with Crippen LogP contribution in [0.25, 0.3) is 0 Å². The molecule has 0 atom stereocenters. The third kappa shape index (κ3) is 3.11. The largest absolute Gasteiger partial charge is 0.493 e. The van der Waals surface area contributed by atoms with Gasteiger partial charge in [-0.05, 0) is 18.1 Å². The molecule has 1 rings (SSSR count). The third-order valence-electron chi connectivity index (χ3n) is 1.79. The van der Waals surface area contributed by atoms with Crippen molar-refractivity contribution < 1.29 is 4.74 Å². The fourth-order valence-electron chi connectivity index (χ4n) is 1.05. The molecule has 0 saturated carbocycles. The van der Waals surface area contributed by atoms with Gasteiger partial charge >= 0.3 is 0 Å². The van der Waals surface area contributed by atoms with E-state index >= 15 is 0 Å². The summed E-state index contributed by atoms with van der Waals surface area (Å²) in [4.78, 5) is 0. The Balaban J connectivity index is 2.66. The lowest BCUT2D eigenvalue weighted by Gasteiger charge is -2.10. The molecule has 2 nitrogen and oxygen atoms in total. The Morgan fingerprint density at radius 1 is 1.43 bits per heavy atom. The van der Waals surface area contributed by atoms with E-state index in [-0.39, 0.29) is 0 Å². The van der Waals surface area contributed by atoms with E-state index in [9.17, 15) is 0 Å². The standard InChI is InChI=1S/C11H16ClNO/c1-8(2)7-14-9-4-5-11(13-3)10(12)6-9/h4-6,8,13H,7H2,1-3H3. The highest BCUT2D eigenvalue weighted by atomic mass is 35.5. The van der Waals surface area contributed by atoms with E-state index in [1.165, 1.54) is 0 Å². The summed E-state index contributed by atoms with van der Waals surface area (Å²) in [5, 5.41) is 3.69. The summed E-state index contributed by atoms with van der Waals surface area (Å²) < 4.78 is 5.54. The van der Waals surface area contributed by atoms with Gasteiger partial charge in [-0.25, -0.2) is 0 Å². The van der Waals surface area contributed by atoms with E-state index in [0.717, 1.165) is 18.0 Å². The summed E-state index contributed by atoms with van der Waals surface area (Å²) in [6.07, 6.45) is 0. The highest BCUT2D eigenvalue weighted by Gasteiger charge is 2.01. The zero-order valence-electron chi connectivity index (χ0n) is 8.80. The van der Waals surface area contributed by atoms with Crippen LogP contribution >= 0.6 is 11.6 Å². The fraction of sp³-hybridized carbons (Fsp3) is 0.455. The molecule has 14 heavy (non-hydrogen) atoms. The maximum atomic E-state index is 6.00. The number of benzene rings is 1. The Labute approximate surface area is 90.2 Å². The quantitative estimate of drug-likeness (QED) is 0.828. The molecule has 0 radical (unpaired) electrons. The van der Waals surface area contributed by atoms with Crippen LogP contribution in [0.15, 0.2) is 18.2 Å². The minimum atomic E-state index is 0.526. The van der Waals surface area contributed by atoms with Crippen LogP contribution in [-0.4, -0.2) is 13.7 Å².